The third kappa shape index (κ3) is 2.08. The van der Waals surface area contributed by atoms with E-state index >= 15 is 0 Å². The van der Waals surface area contributed by atoms with Crippen LogP contribution in [-0.2, 0) is 11.5 Å². The number of hydrogen-bond donors (Lipinski definition) is 1. The van der Waals surface area contributed by atoms with Crippen LogP contribution in [0.15, 0.2) is 21.1 Å². The van der Waals surface area contributed by atoms with Crippen LogP contribution in [0.3, 0.4) is 0 Å². The maximum absolute atomic E-state index is 11.8. The molecule has 1 N–H and O–H groups in total. The summed E-state index contributed by atoms with van der Waals surface area (Å²) in [6, 6.07) is 2.36. The number of fused-ring (bicyclic) bond motifs is 1. The minimum Gasteiger partial charge on any atom is -0.395 e. The van der Waals surface area contributed by atoms with Crippen molar-refractivity contribution in [1.82, 2.24) is 5.16 Å². The summed E-state index contributed by atoms with van der Waals surface area (Å²) in [6.45, 7) is 0. The van der Waals surface area contributed by atoms with E-state index in [1.165, 1.54) is 6.07 Å². The molecule has 8 nitrogen and oxygen atoms in total. The molecule has 9 heteroatoms. The molecule has 2 aromatic rings. The summed E-state index contributed by atoms with van der Waals surface area (Å²) in [4.78, 5) is 21.6. The van der Waals surface area contributed by atoms with Crippen LogP contribution < -0.4 is 5.32 Å². The van der Waals surface area contributed by atoms with E-state index in [1.807, 2.05) is 0 Å². The Bertz CT molecular complexity index is 662. The van der Waals surface area contributed by atoms with Gasteiger partial charge < -0.3 is 8.94 Å². The van der Waals surface area contributed by atoms with E-state index in [0.717, 1.165) is 23.1 Å². The van der Waals surface area contributed by atoms with E-state index in [2.05, 4.69) is 10.5 Å². The molecule has 0 atom stereocenters. The van der Waals surface area contributed by atoms with Crippen LogP contribution in [0.4, 0.5) is 11.8 Å². The van der Waals surface area contributed by atoms with Gasteiger partial charge in [0.2, 0.25) is 5.88 Å². The lowest BCUT2D eigenvalue weighted by Crippen LogP contribution is -2.11. The Labute approximate surface area is 110 Å². The molecule has 1 aliphatic heterocycles. The highest BCUT2D eigenvalue weighted by Gasteiger charge is 2.24. The van der Waals surface area contributed by atoms with Gasteiger partial charge in [-0.2, -0.15) is 11.8 Å². The molecular formula is C10H7N3O5S. The zero-order valence-electron chi connectivity index (χ0n) is 9.41. The molecule has 0 saturated heterocycles. The van der Waals surface area contributed by atoms with Crippen LogP contribution in [0, 0.1) is 10.1 Å². The smallest absolute Gasteiger partial charge is 0.395 e. The standard InChI is InChI=1S/C10H7N3O5S/c14-9(7-1-2-8(17-7)13(15)16)11-10-5-3-19-4-6(5)12-18-10/h1-2H,3-4H2,(H,11,14). The third-order valence-electron chi connectivity index (χ3n) is 2.58. The van der Waals surface area contributed by atoms with E-state index in [4.69, 9.17) is 8.94 Å². The molecule has 0 radical (unpaired) electrons. The zero-order chi connectivity index (χ0) is 13.4. The average Bonchev–Trinajstić information content (AvgIpc) is 3.05. The van der Waals surface area contributed by atoms with Gasteiger partial charge in [0, 0.05) is 11.5 Å². The van der Waals surface area contributed by atoms with Crippen LogP contribution in [-0.4, -0.2) is 16.0 Å². The van der Waals surface area contributed by atoms with Crippen molar-refractivity contribution < 1.29 is 18.7 Å². The molecule has 0 spiro atoms. The molecule has 0 aliphatic carbocycles. The number of thioether (sulfide) groups is 1. The van der Waals surface area contributed by atoms with Crippen LogP contribution in [0.1, 0.15) is 21.8 Å². The largest absolute Gasteiger partial charge is 0.433 e. The van der Waals surface area contributed by atoms with Crippen LogP contribution in [0.5, 0.6) is 0 Å². The number of carbonyl (C=O) groups is 1. The first-order valence-corrected chi connectivity index (χ1v) is 6.41. The first kappa shape index (κ1) is 11.8. The van der Waals surface area contributed by atoms with Gasteiger partial charge in [0.05, 0.1) is 17.3 Å². The molecule has 1 aliphatic rings. The maximum Gasteiger partial charge on any atom is 0.433 e. The third-order valence-corrected chi connectivity index (χ3v) is 3.55. The second-order valence-electron chi connectivity index (χ2n) is 3.78. The van der Waals surface area contributed by atoms with E-state index in [1.54, 1.807) is 11.8 Å². The highest BCUT2D eigenvalue weighted by atomic mass is 32.2. The van der Waals surface area contributed by atoms with Gasteiger partial charge in [-0.15, -0.1) is 0 Å². The monoisotopic (exact) mass is 281 g/mol. The Morgan fingerprint density at radius 2 is 2.32 bits per heavy atom. The summed E-state index contributed by atoms with van der Waals surface area (Å²) < 4.78 is 9.81. The molecule has 0 unspecified atom stereocenters. The second kappa shape index (κ2) is 4.43. The van der Waals surface area contributed by atoms with Crippen molar-refractivity contribution in [3.63, 3.8) is 0 Å². The van der Waals surface area contributed by atoms with Crippen molar-refractivity contribution >= 4 is 29.4 Å². The van der Waals surface area contributed by atoms with Gasteiger partial charge in [-0.3, -0.25) is 20.2 Å². The minimum absolute atomic E-state index is 0.150. The predicted molar refractivity (Wildman–Crippen MR) is 64.8 cm³/mol. The Balaban J connectivity index is 1.78. The lowest BCUT2D eigenvalue weighted by Gasteiger charge is -1.98. The Morgan fingerprint density at radius 3 is 3.05 bits per heavy atom. The number of nitrogens with zero attached hydrogens (tertiary/aromatic N) is 2. The van der Waals surface area contributed by atoms with Gasteiger partial charge in [-0.05, 0) is 6.07 Å². The van der Waals surface area contributed by atoms with Gasteiger partial charge in [-0.1, -0.05) is 5.16 Å². The van der Waals surface area contributed by atoms with E-state index in [9.17, 15) is 14.9 Å². The van der Waals surface area contributed by atoms with Gasteiger partial charge in [0.1, 0.15) is 4.92 Å². The molecule has 2 aromatic heterocycles. The first-order chi connectivity index (χ1) is 9.15. The van der Waals surface area contributed by atoms with Crippen molar-refractivity contribution in [3.05, 3.63) is 39.3 Å². The second-order valence-corrected chi connectivity index (χ2v) is 4.76. The molecular weight excluding hydrogens is 274 g/mol. The first-order valence-electron chi connectivity index (χ1n) is 5.26. The Morgan fingerprint density at radius 1 is 1.47 bits per heavy atom. The van der Waals surface area contributed by atoms with Crippen molar-refractivity contribution in [2.75, 3.05) is 5.32 Å². The summed E-state index contributed by atoms with van der Waals surface area (Å²) >= 11 is 1.67. The number of nitrogens with one attached hydrogen (secondary N) is 1. The number of nitro groups is 1. The number of anilines is 1. The number of aromatic nitrogens is 1. The predicted octanol–water partition coefficient (Wildman–Crippen LogP) is 2.17. The Kier molecular flexibility index (Phi) is 2.75. The van der Waals surface area contributed by atoms with Crippen LogP contribution in [0.25, 0.3) is 0 Å². The van der Waals surface area contributed by atoms with Gasteiger partial charge >= 0.3 is 5.88 Å². The van der Waals surface area contributed by atoms with E-state index in [-0.39, 0.29) is 11.6 Å². The number of furan rings is 1. The lowest BCUT2D eigenvalue weighted by molar-refractivity contribution is -0.402. The number of carbonyl (C=O) groups excluding carboxylic acids is 1. The molecule has 19 heavy (non-hydrogen) atoms. The fourth-order valence-corrected chi connectivity index (χ4v) is 2.69. The summed E-state index contributed by atoms with van der Waals surface area (Å²) in [5.74, 6) is 0.493. The summed E-state index contributed by atoms with van der Waals surface area (Å²) in [7, 11) is 0. The number of rotatable bonds is 3. The van der Waals surface area contributed by atoms with Gasteiger partial charge in [0.15, 0.2) is 5.76 Å². The SMILES string of the molecule is O=C(Nc1onc2c1CSC2)c1ccc([N+](=O)[O-])o1. The van der Waals surface area contributed by atoms with E-state index in [0.29, 0.717) is 5.75 Å². The molecule has 3 rings (SSSR count). The van der Waals surface area contributed by atoms with Crippen LogP contribution >= 0.6 is 11.8 Å². The highest BCUT2D eigenvalue weighted by molar-refractivity contribution is 7.98. The highest BCUT2D eigenvalue weighted by Crippen LogP contribution is 2.34. The molecule has 0 fully saturated rings. The van der Waals surface area contributed by atoms with E-state index < -0.39 is 16.7 Å². The summed E-state index contributed by atoms with van der Waals surface area (Å²) in [5.41, 5.74) is 1.66. The zero-order valence-corrected chi connectivity index (χ0v) is 10.2. The normalized spacial score (nSPS) is 13.3. The quantitative estimate of drug-likeness (QED) is 0.677. The van der Waals surface area contributed by atoms with Crippen molar-refractivity contribution in [3.8, 4) is 0 Å². The fraction of sp³-hybridized carbons (Fsp3) is 0.200. The van der Waals surface area contributed by atoms with Gasteiger partial charge in [0.25, 0.3) is 5.91 Å². The van der Waals surface area contributed by atoms with Gasteiger partial charge in [-0.25, -0.2) is 0 Å². The van der Waals surface area contributed by atoms with Crippen molar-refractivity contribution in [2.24, 2.45) is 0 Å². The fourth-order valence-electron chi connectivity index (χ4n) is 1.66. The number of amides is 1. The maximum atomic E-state index is 11.8. The lowest BCUT2D eigenvalue weighted by atomic mass is 10.3. The molecule has 1 amide bonds. The minimum atomic E-state index is -0.709. The summed E-state index contributed by atoms with van der Waals surface area (Å²) in [6.07, 6.45) is 0. The molecule has 0 saturated carbocycles. The van der Waals surface area contributed by atoms with Crippen molar-refractivity contribution in [1.29, 1.82) is 0 Å². The Hall–Kier alpha value is -2.29. The topological polar surface area (TPSA) is 111 Å². The number of hydrogen-bond acceptors (Lipinski definition) is 7. The molecule has 0 bridgehead atoms. The summed E-state index contributed by atoms with van der Waals surface area (Å²) in [5, 5.41) is 16.8. The van der Waals surface area contributed by atoms with Crippen molar-refractivity contribution in [2.45, 2.75) is 11.5 Å². The average molecular weight is 281 g/mol. The molecule has 98 valence electrons. The molecule has 0 aromatic carbocycles. The molecule has 3 heterocycles. The van der Waals surface area contributed by atoms with Crippen LogP contribution in [0.2, 0.25) is 0 Å².